The molecule has 1 aliphatic heterocycles. The first-order valence-electron chi connectivity index (χ1n) is 14.4. The third-order valence-corrected chi connectivity index (χ3v) is 14.6. The maximum atomic E-state index is 14.4. The van der Waals surface area contributed by atoms with Gasteiger partial charge in [-0.15, -0.1) is 0 Å². The van der Waals surface area contributed by atoms with Gasteiger partial charge in [-0.2, -0.15) is 0 Å². The number of Topliss-reactive ketones (excluding diaryl/α,β-unsaturated/α-hetero) is 1. The van der Waals surface area contributed by atoms with E-state index in [0.29, 0.717) is 31.6 Å². The van der Waals surface area contributed by atoms with Crippen molar-refractivity contribution in [2.75, 3.05) is 33.5 Å². The Morgan fingerprint density at radius 2 is 1.90 bits per heavy atom. The zero-order valence-electron chi connectivity index (χ0n) is 25.8. The molecule has 0 radical (unpaired) electrons. The molecule has 1 heterocycles. The van der Waals surface area contributed by atoms with Crippen molar-refractivity contribution >= 4 is 20.1 Å². The van der Waals surface area contributed by atoms with Crippen molar-refractivity contribution in [3.63, 3.8) is 0 Å². The number of methoxy groups -OCH3 is 1. The highest BCUT2D eigenvalue weighted by atomic mass is 28.4. The van der Waals surface area contributed by atoms with Crippen LogP contribution in [0, 0.1) is 16.7 Å². The number of hydrogen-bond acceptors (Lipinski definition) is 8. The molecule has 5 atom stereocenters. The first-order chi connectivity index (χ1) is 18.6. The van der Waals surface area contributed by atoms with Crippen LogP contribution in [0.2, 0.25) is 18.1 Å². The van der Waals surface area contributed by atoms with E-state index in [9.17, 15) is 9.59 Å². The molecule has 0 unspecified atom stereocenters. The fourth-order valence-corrected chi connectivity index (χ4v) is 8.31. The van der Waals surface area contributed by atoms with Gasteiger partial charge < -0.3 is 28.1 Å². The van der Waals surface area contributed by atoms with Gasteiger partial charge in [0.05, 0.1) is 31.3 Å². The second-order valence-corrected chi connectivity index (χ2v) is 18.4. The van der Waals surface area contributed by atoms with E-state index < -0.39 is 43.1 Å². The number of ether oxygens (including phenoxy) is 5. The highest BCUT2D eigenvalue weighted by Gasteiger charge is 2.68. The van der Waals surface area contributed by atoms with Crippen LogP contribution in [-0.2, 0) is 37.7 Å². The maximum absolute atomic E-state index is 14.4. The summed E-state index contributed by atoms with van der Waals surface area (Å²) in [6.45, 7) is 21.8. The zero-order chi connectivity index (χ0) is 29.7. The number of rotatable bonds is 9. The monoisotopic (exact) mass is 576 g/mol. The molecular weight excluding hydrogens is 528 g/mol. The van der Waals surface area contributed by atoms with Crippen LogP contribution < -0.4 is 0 Å². The minimum absolute atomic E-state index is 0.0653. The number of allylic oxidation sites excluding steroid dienone is 1. The normalized spacial score (nSPS) is 32.4. The quantitative estimate of drug-likeness (QED) is 0.202. The second-order valence-electron chi connectivity index (χ2n) is 13.6. The Balaban J connectivity index is 1.98. The third kappa shape index (κ3) is 4.95. The number of ketones is 1. The van der Waals surface area contributed by atoms with E-state index in [-0.39, 0.29) is 35.7 Å². The summed E-state index contributed by atoms with van der Waals surface area (Å²) in [4.78, 5) is 26.8. The Kier molecular flexibility index (Phi) is 8.42. The van der Waals surface area contributed by atoms with Gasteiger partial charge >= 0.3 is 5.97 Å². The summed E-state index contributed by atoms with van der Waals surface area (Å²) >= 11 is 0. The fraction of sp³-hybridized carbons (Fsp3) is 0.742. The molecule has 2 fully saturated rings. The van der Waals surface area contributed by atoms with Crippen molar-refractivity contribution in [2.45, 2.75) is 96.9 Å². The topological polar surface area (TPSA) is 89.5 Å². The van der Waals surface area contributed by atoms with Crippen molar-refractivity contribution in [2.24, 2.45) is 16.7 Å². The highest BCUT2D eigenvalue weighted by molar-refractivity contribution is 6.74. The van der Waals surface area contributed by atoms with Crippen LogP contribution >= 0.6 is 0 Å². The first-order valence-corrected chi connectivity index (χ1v) is 17.4. The average Bonchev–Trinajstić information content (AvgIpc) is 3.44. The first kappa shape index (κ1) is 31.2. The summed E-state index contributed by atoms with van der Waals surface area (Å²) in [5.74, 6) is -1.24. The molecule has 224 valence electrons. The highest BCUT2D eigenvalue weighted by Crippen LogP contribution is 2.66. The molecule has 0 aromatic rings. The number of carbonyl (C=O) groups excluding carboxylic acids is 2. The Morgan fingerprint density at radius 1 is 1.25 bits per heavy atom. The van der Waals surface area contributed by atoms with Gasteiger partial charge in [-0.3, -0.25) is 9.59 Å². The average molecular weight is 577 g/mol. The molecule has 0 aromatic carbocycles. The Bertz CT molecular complexity index is 1100. The van der Waals surface area contributed by atoms with Crippen molar-refractivity contribution in [3.8, 4) is 0 Å². The van der Waals surface area contributed by atoms with Crippen LogP contribution in [0.1, 0.15) is 60.8 Å². The van der Waals surface area contributed by atoms with Gasteiger partial charge in [-0.05, 0) is 55.5 Å². The van der Waals surface area contributed by atoms with Crippen LogP contribution in [-0.4, -0.2) is 71.6 Å². The molecule has 9 heteroatoms. The molecule has 3 aliphatic carbocycles. The van der Waals surface area contributed by atoms with Crippen LogP contribution in [0.25, 0.3) is 0 Å². The molecule has 40 heavy (non-hydrogen) atoms. The zero-order valence-corrected chi connectivity index (χ0v) is 26.8. The van der Waals surface area contributed by atoms with Gasteiger partial charge in [0, 0.05) is 31.4 Å². The van der Waals surface area contributed by atoms with E-state index >= 15 is 0 Å². The number of fused-ring (bicyclic) bond motifs is 3. The molecule has 1 spiro atoms. The van der Waals surface area contributed by atoms with Crippen LogP contribution in [0.15, 0.2) is 35.6 Å². The Hall–Kier alpha value is -1.78. The van der Waals surface area contributed by atoms with Crippen LogP contribution in [0.5, 0.6) is 0 Å². The molecule has 1 saturated heterocycles. The molecule has 0 amide bonds. The summed E-state index contributed by atoms with van der Waals surface area (Å²) in [5, 5.41) is -0.0653. The lowest BCUT2D eigenvalue weighted by molar-refractivity contribution is -0.231. The van der Waals surface area contributed by atoms with Gasteiger partial charge in [-0.25, -0.2) is 0 Å². The van der Waals surface area contributed by atoms with E-state index in [4.69, 9.17) is 28.1 Å². The summed E-state index contributed by atoms with van der Waals surface area (Å²) in [5.41, 5.74) is 0.147. The molecule has 1 saturated carbocycles. The van der Waals surface area contributed by atoms with Crippen LogP contribution in [0.3, 0.4) is 0 Å². The summed E-state index contributed by atoms with van der Waals surface area (Å²) in [6, 6.07) is 0. The molecule has 4 rings (SSSR count). The lowest BCUT2D eigenvalue weighted by Gasteiger charge is -2.55. The summed E-state index contributed by atoms with van der Waals surface area (Å²) < 4.78 is 37.5. The molecule has 0 bridgehead atoms. The van der Waals surface area contributed by atoms with Gasteiger partial charge in [0.2, 0.25) is 5.78 Å². The van der Waals surface area contributed by atoms with Crippen LogP contribution in [0.4, 0.5) is 0 Å². The van der Waals surface area contributed by atoms with Gasteiger partial charge in [-0.1, -0.05) is 40.3 Å². The lowest BCUT2D eigenvalue weighted by Crippen LogP contribution is -2.58. The smallest absolute Gasteiger partial charge is 0.303 e. The largest absolute Gasteiger partial charge is 0.486 e. The fourth-order valence-electron chi connectivity index (χ4n) is 7.04. The predicted molar refractivity (Wildman–Crippen MR) is 154 cm³/mol. The maximum Gasteiger partial charge on any atom is 0.303 e. The summed E-state index contributed by atoms with van der Waals surface area (Å²) in [7, 11) is -0.753. The van der Waals surface area contributed by atoms with Crippen molar-refractivity contribution in [3.05, 3.63) is 35.6 Å². The molecule has 0 aromatic heterocycles. The van der Waals surface area contributed by atoms with E-state index in [0.717, 1.165) is 12.0 Å². The predicted octanol–water partition coefficient (Wildman–Crippen LogP) is 5.49. The van der Waals surface area contributed by atoms with E-state index in [1.54, 1.807) is 13.2 Å². The second kappa shape index (κ2) is 10.8. The van der Waals surface area contributed by atoms with E-state index in [1.807, 2.05) is 13.0 Å². The molecule has 4 aliphatic rings. The Labute approximate surface area is 240 Å². The molecule has 8 nitrogen and oxygen atoms in total. The van der Waals surface area contributed by atoms with Gasteiger partial charge in [0.25, 0.3) is 0 Å². The molecular formula is C31H48O8Si. The third-order valence-electron chi connectivity index (χ3n) is 10.1. The minimum Gasteiger partial charge on any atom is -0.486 e. The number of carbonyl (C=O) groups is 2. The number of esters is 1. The minimum atomic E-state index is -2.34. The van der Waals surface area contributed by atoms with Gasteiger partial charge in [0.1, 0.15) is 12.7 Å². The standard InChI is InChI=1S/C31H48O8Si/c1-11-14-35-23-17-29(6,24(19-34-8)38-20(2)32)26-22(39-40(9,10)28(3,4)5)18-30(7)21(25(26)27(23)33)12-13-31(30)36-15-16-37-31/h11,17,21-22,24H,1,12-16,18-19H2,2-10H3/t21-,22+,24+,29+,30-/m0/s1. The lowest BCUT2D eigenvalue weighted by atomic mass is 9.56. The summed E-state index contributed by atoms with van der Waals surface area (Å²) in [6.07, 6.45) is 4.39. The van der Waals surface area contributed by atoms with Gasteiger partial charge in [0.15, 0.2) is 19.9 Å². The van der Waals surface area contributed by atoms with Crippen molar-refractivity contribution in [1.82, 2.24) is 0 Å². The Morgan fingerprint density at radius 3 is 2.45 bits per heavy atom. The molecule has 0 N–H and O–H groups in total. The van der Waals surface area contributed by atoms with Crippen molar-refractivity contribution in [1.29, 1.82) is 0 Å². The van der Waals surface area contributed by atoms with E-state index in [1.165, 1.54) is 6.92 Å². The van der Waals surface area contributed by atoms with Crippen molar-refractivity contribution < 1.29 is 37.7 Å². The number of hydrogen-bond donors (Lipinski definition) is 0. The SMILES string of the molecule is C=CCOC1=C[C@](C)([C@@H](COC)OC(C)=O)C2=C(C1=O)[C@@H]1CCC3(OCCO3)[C@@]1(C)C[C@H]2O[Si](C)(C)C(C)(C)C. The van der Waals surface area contributed by atoms with E-state index in [2.05, 4.69) is 47.4 Å².